The van der Waals surface area contributed by atoms with Crippen molar-refractivity contribution in [2.75, 3.05) is 25.5 Å². The van der Waals surface area contributed by atoms with E-state index in [0.29, 0.717) is 19.6 Å². The number of hydrogen-bond donors (Lipinski definition) is 1. The summed E-state index contributed by atoms with van der Waals surface area (Å²) in [5, 5.41) is 2.80. The lowest BCUT2D eigenvalue weighted by Crippen LogP contribution is -2.50. The third-order valence-electron chi connectivity index (χ3n) is 3.27. The zero-order chi connectivity index (χ0) is 15.4. The van der Waals surface area contributed by atoms with Crippen LogP contribution < -0.4 is 5.32 Å². The molecular formula is C14H25ClN2O3. The second-order valence-electron chi connectivity index (χ2n) is 6.73. The molecule has 5 nitrogen and oxygen atoms in total. The molecule has 20 heavy (non-hydrogen) atoms. The number of carbonyl (C=O) groups excluding carboxylic acids is 2. The van der Waals surface area contributed by atoms with E-state index in [1.807, 2.05) is 20.8 Å². The number of alkyl halides is 1. The Kier molecular flexibility index (Phi) is 5.68. The van der Waals surface area contributed by atoms with Gasteiger partial charge in [-0.15, -0.1) is 11.6 Å². The van der Waals surface area contributed by atoms with E-state index in [0.717, 1.165) is 12.8 Å². The average Bonchev–Trinajstić information content (AvgIpc) is 2.34. The number of nitrogens with one attached hydrogen (secondary N) is 1. The molecule has 1 unspecified atom stereocenters. The van der Waals surface area contributed by atoms with Gasteiger partial charge in [0.05, 0.1) is 0 Å². The van der Waals surface area contributed by atoms with Gasteiger partial charge in [-0.3, -0.25) is 4.79 Å². The van der Waals surface area contributed by atoms with Crippen molar-refractivity contribution >= 4 is 23.6 Å². The van der Waals surface area contributed by atoms with Gasteiger partial charge in [0, 0.05) is 25.0 Å². The molecule has 2 amide bonds. The lowest BCUT2D eigenvalue weighted by atomic mass is 9.82. The lowest BCUT2D eigenvalue weighted by molar-refractivity contribution is -0.119. The van der Waals surface area contributed by atoms with Crippen LogP contribution in [0.15, 0.2) is 0 Å². The van der Waals surface area contributed by atoms with Crippen LogP contribution in [-0.4, -0.2) is 48.0 Å². The topological polar surface area (TPSA) is 58.6 Å². The monoisotopic (exact) mass is 304 g/mol. The van der Waals surface area contributed by atoms with Crippen LogP contribution >= 0.6 is 11.6 Å². The quantitative estimate of drug-likeness (QED) is 0.814. The van der Waals surface area contributed by atoms with E-state index in [4.69, 9.17) is 16.3 Å². The van der Waals surface area contributed by atoms with Crippen molar-refractivity contribution in [3.63, 3.8) is 0 Å². The summed E-state index contributed by atoms with van der Waals surface area (Å²) < 4.78 is 5.40. The van der Waals surface area contributed by atoms with Crippen LogP contribution in [0.2, 0.25) is 0 Å². The second-order valence-corrected chi connectivity index (χ2v) is 6.99. The van der Waals surface area contributed by atoms with Crippen molar-refractivity contribution in [3.8, 4) is 0 Å². The first kappa shape index (κ1) is 17.1. The molecule has 1 rings (SSSR count). The molecule has 0 aromatic rings. The first-order valence-corrected chi connectivity index (χ1v) is 7.49. The minimum absolute atomic E-state index is 0.0359. The maximum absolute atomic E-state index is 12.1. The van der Waals surface area contributed by atoms with Gasteiger partial charge in [0.2, 0.25) is 5.91 Å². The van der Waals surface area contributed by atoms with E-state index in [9.17, 15) is 9.59 Å². The number of rotatable bonds is 3. The fourth-order valence-corrected chi connectivity index (χ4v) is 2.40. The van der Waals surface area contributed by atoms with E-state index >= 15 is 0 Å². The van der Waals surface area contributed by atoms with Crippen LogP contribution in [0.5, 0.6) is 0 Å². The molecule has 0 saturated carbocycles. The third kappa shape index (κ3) is 5.57. The van der Waals surface area contributed by atoms with Crippen LogP contribution in [0.1, 0.15) is 40.5 Å². The summed E-state index contributed by atoms with van der Waals surface area (Å²) >= 11 is 5.47. The molecule has 1 saturated heterocycles. The Labute approximate surface area is 126 Å². The summed E-state index contributed by atoms with van der Waals surface area (Å²) in [6.07, 6.45) is 1.59. The van der Waals surface area contributed by atoms with Gasteiger partial charge < -0.3 is 15.0 Å². The highest BCUT2D eigenvalue weighted by molar-refractivity contribution is 6.27. The number of piperidine rings is 1. The summed E-state index contributed by atoms with van der Waals surface area (Å²) in [7, 11) is 0. The largest absolute Gasteiger partial charge is 0.444 e. The van der Waals surface area contributed by atoms with Gasteiger partial charge in [0.15, 0.2) is 0 Å². The molecule has 116 valence electrons. The number of nitrogens with zero attached hydrogens (tertiary/aromatic N) is 1. The minimum atomic E-state index is -0.488. The Morgan fingerprint density at radius 3 is 2.60 bits per heavy atom. The van der Waals surface area contributed by atoms with E-state index in [-0.39, 0.29) is 23.3 Å². The molecule has 0 aliphatic carbocycles. The fraction of sp³-hybridized carbons (Fsp3) is 0.857. The van der Waals surface area contributed by atoms with E-state index in [1.165, 1.54) is 0 Å². The predicted octanol–water partition coefficient (Wildman–Crippen LogP) is 2.38. The van der Waals surface area contributed by atoms with Crippen molar-refractivity contribution in [3.05, 3.63) is 0 Å². The zero-order valence-corrected chi connectivity index (χ0v) is 13.5. The van der Waals surface area contributed by atoms with Crippen molar-refractivity contribution < 1.29 is 14.3 Å². The Morgan fingerprint density at radius 2 is 2.05 bits per heavy atom. The Bertz CT molecular complexity index is 368. The summed E-state index contributed by atoms with van der Waals surface area (Å²) in [6, 6.07) is 0. The normalized spacial score (nSPS) is 23.4. The molecule has 1 atom stereocenters. The lowest BCUT2D eigenvalue weighted by Gasteiger charge is -2.40. The number of hydrogen-bond acceptors (Lipinski definition) is 3. The van der Waals surface area contributed by atoms with Gasteiger partial charge >= 0.3 is 6.09 Å². The smallest absolute Gasteiger partial charge is 0.410 e. The third-order valence-corrected chi connectivity index (χ3v) is 3.51. The molecule has 1 N–H and O–H groups in total. The van der Waals surface area contributed by atoms with Crippen molar-refractivity contribution in [1.82, 2.24) is 10.2 Å². The minimum Gasteiger partial charge on any atom is -0.444 e. The molecule has 0 spiro atoms. The molecular weight excluding hydrogens is 280 g/mol. The van der Waals surface area contributed by atoms with Gasteiger partial charge in [0.25, 0.3) is 0 Å². The van der Waals surface area contributed by atoms with Gasteiger partial charge in [-0.05, 0) is 33.6 Å². The van der Waals surface area contributed by atoms with Crippen LogP contribution in [0.25, 0.3) is 0 Å². The van der Waals surface area contributed by atoms with Crippen LogP contribution in [0, 0.1) is 5.41 Å². The standard InChI is InChI=1S/C14H25ClN2O3/c1-13(2,3)20-12(19)17-7-5-6-14(4,10-17)9-16-11(18)8-15/h5-10H2,1-4H3,(H,16,18). The maximum Gasteiger partial charge on any atom is 0.410 e. The molecule has 1 aliphatic rings. The number of amides is 2. The summed E-state index contributed by atoms with van der Waals surface area (Å²) in [5.41, 5.74) is -0.616. The molecule has 6 heteroatoms. The van der Waals surface area contributed by atoms with E-state index in [2.05, 4.69) is 12.2 Å². The Hall–Kier alpha value is -0.970. The summed E-state index contributed by atoms with van der Waals surface area (Å²) in [5.74, 6) is -0.214. The van der Waals surface area contributed by atoms with Gasteiger partial charge in [-0.2, -0.15) is 0 Å². The SMILES string of the molecule is CC1(CNC(=O)CCl)CCCN(C(=O)OC(C)(C)C)C1. The molecule has 0 radical (unpaired) electrons. The number of ether oxygens (including phenoxy) is 1. The fourth-order valence-electron chi connectivity index (χ4n) is 2.30. The maximum atomic E-state index is 12.1. The van der Waals surface area contributed by atoms with Crippen LogP contribution in [0.3, 0.4) is 0 Å². The van der Waals surface area contributed by atoms with E-state index < -0.39 is 5.60 Å². The second kappa shape index (κ2) is 6.66. The molecule has 1 fully saturated rings. The highest BCUT2D eigenvalue weighted by Crippen LogP contribution is 2.29. The van der Waals surface area contributed by atoms with Crippen molar-refractivity contribution in [2.45, 2.75) is 46.1 Å². The van der Waals surface area contributed by atoms with Gasteiger partial charge in [-0.25, -0.2) is 4.79 Å². The zero-order valence-electron chi connectivity index (χ0n) is 12.8. The highest BCUT2D eigenvalue weighted by Gasteiger charge is 2.35. The van der Waals surface area contributed by atoms with Crippen molar-refractivity contribution in [2.24, 2.45) is 5.41 Å². The Balaban J connectivity index is 2.56. The van der Waals surface area contributed by atoms with Crippen molar-refractivity contribution in [1.29, 1.82) is 0 Å². The molecule has 0 aromatic carbocycles. The average molecular weight is 305 g/mol. The predicted molar refractivity (Wildman–Crippen MR) is 78.9 cm³/mol. The first-order valence-electron chi connectivity index (χ1n) is 6.96. The number of halogens is 1. The summed E-state index contributed by atoms with van der Waals surface area (Å²) in [4.78, 5) is 25.1. The molecule has 0 aromatic heterocycles. The van der Waals surface area contributed by atoms with Gasteiger partial charge in [-0.1, -0.05) is 6.92 Å². The highest BCUT2D eigenvalue weighted by atomic mass is 35.5. The Morgan fingerprint density at radius 1 is 1.40 bits per heavy atom. The molecule has 1 aliphatic heterocycles. The van der Waals surface area contributed by atoms with Gasteiger partial charge in [0.1, 0.15) is 11.5 Å². The summed E-state index contributed by atoms with van der Waals surface area (Å²) in [6.45, 7) is 9.45. The first-order chi connectivity index (χ1) is 9.15. The van der Waals surface area contributed by atoms with Crippen LogP contribution in [-0.2, 0) is 9.53 Å². The van der Waals surface area contributed by atoms with Crippen LogP contribution in [0.4, 0.5) is 4.79 Å². The number of likely N-dealkylation sites (tertiary alicyclic amines) is 1. The van der Waals surface area contributed by atoms with E-state index in [1.54, 1.807) is 4.90 Å². The molecule has 0 bridgehead atoms. The number of carbonyl (C=O) groups is 2. The molecule has 1 heterocycles.